The van der Waals surface area contributed by atoms with E-state index in [4.69, 9.17) is 0 Å². The highest BCUT2D eigenvalue weighted by Gasteiger charge is 2.68. The molecule has 0 unspecified atom stereocenters. The largest absolute Gasteiger partial charge is 0.340 e. The molecule has 1 aliphatic heterocycles. The molecule has 2 heterocycles. The predicted molar refractivity (Wildman–Crippen MR) is 71.4 cm³/mol. The average molecular weight is 262 g/mol. The van der Waals surface area contributed by atoms with Gasteiger partial charge in [0, 0.05) is 32.0 Å². The standard InChI is InChI=1S/C14H22N4O/c1-13(2)11(14(13,3)4)12(19)17-6-5-10-16-15-9-18(10)8-7-17/h9,11H,5-8H2,1-4H3. The van der Waals surface area contributed by atoms with E-state index >= 15 is 0 Å². The van der Waals surface area contributed by atoms with Gasteiger partial charge in [-0.2, -0.15) is 0 Å². The SMILES string of the molecule is CC1(C)C(C(=O)N2CCc3nncn3CC2)C1(C)C. The van der Waals surface area contributed by atoms with E-state index in [1.807, 2.05) is 4.90 Å². The lowest BCUT2D eigenvalue weighted by atomic mass is 10.0. The van der Waals surface area contributed by atoms with E-state index in [2.05, 4.69) is 42.5 Å². The van der Waals surface area contributed by atoms with Crippen molar-refractivity contribution >= 4 is 5.91 Å². The van der Waals surface area contributed by atoms with Crippen molar-refractivity contribution in [2.24, 2.45) is 16.7 Å². The second-order valence-electron chi connectivity index (χ2n) is 6.89. The van der Waals surface area contributed by atoms with Crippen molar-refractivity contribution < 1.29 is 4.79 Å². The molecule has 1 aliphatic carbocycles. The third-order valence-corrected chi connectivity index (χ3v) is 5.49. The van der Waals surface area contributed by atoms with Crippen LogP contribution in [0.4, 0.5) is 0 Å². The molecule has 2 aliphatic rings. The van der Waals surface area contributed by atoms with Gasteiger partial charge in [0.15, 0.2) is 0 Å². The normalized spacial score (nSPS) is 24.7. The van der Waals surface area contributed by atoms with E-state index < -0.39 is 0 Å². The second kappa shape index (κ2) is 3.81. The van der Waals surface area contributed by atoms with Crippen LogP contribution in [0.5, 0.6) is 0 Å². The highest BCUT2D eigenvalue weighted by molar-refractivity contribution is 5.84. The van der Waals surface area contributed by atoms with Crippen LogP contribution in [0.15, 0.2) is 6.33 Å². The van der Waals surface area contributed by atoms with Crippen molar-refractivity contribution in [3.05, 3.63) is 12.2 Å². The van der Waals surface area contributed by atoms with Crippen molar-refractivity contribution in [3.63, 3.8) is 0 Å². The van der Waals surface area contributed by atoms with Gasteiger partial charge >= 0.3 is 0 Å². The maximum Gasteiger partial charge on any atom is 0.226 e. The lowest BCUT2D eigenvalue weighted by Gasteiger charge is -2.21. The van der Waals surface area contributed by atoms with Crippen molar-refractivity contribution in [3.8, 4) is 0 Å². The highest BCUT2D eigenvalue weighted by atomic mass is 16.2. The van der Waals surface area contributed by atoms with Crippen LogP contribution in [0, 0.1) is 16.7 Å². The average Bonchev–Trinajstić information content (AvgIpc) is 2.60. The van der Waals surface area contributed by atoms with Crippen LogP contribution in [-0.2, 0) is 17.8 Å². The summed E-state index contributed by atoms with van der Waals surface area (Å²) in [5.74, 6) is 1.46. The molecule has 3 rings (SSSR count). The Morgan fingerprint density at radius 3 is 2.53 bits per heavy atom. The minimum absolute atomic E-state index is 0.117. The zero-order valence-electron chi connectivity index (χ0n) is 12.2. The number of carbonyl (C=O) groups is 1. The molecular weight excluding hydrogens is 240 g/mol. The van der Waals surface area contributed by atoms with Gasteiger partial charge < -0.3 is 9.47 Å². The Balaban J connectivity index is 1.72. The van der Waals surface area contributed by atoms with Crippen LogP contribution in [0.3, 0.4) is 0 Å². The number of hydrogen-bond donors (Lipinski definition) is 0. The summed E-state index contributed by atoms with van der Waals surface area (Å²) in [7, 11) is 0. The molecule has 5 nitrogen and oxygen atoms in total. The number of rotatable bonds is 1. The monoisotopic (exact) mass is 262 g/mol. The molecular formula is C14H22N4O. The zero-order valence-corrected chi connectivity index (χ0v) is 12.2. The summed E-state index contributed by atoms with van der Waals surface area (Å²) in [4.78, 5) is 14.7. The fourth-order valence-electron chi connectivity index (χ4n) is 3.45. The van der Waals surface area contributed by atoms with Crippen LogP contribution in [0.25, 0.3) is 0 Å². The molecule has 0 saturated heterocycles. The maximum absolute atomic E-state index is 12.7. The summed E-state index contributed by atoms with van der Waals surface area (Å²) >= 11 is 0. The Hall–Kier alpha value is -1.39. The van der Waals surface area contributed by atoms with E-state index in [1.165, 1.54) is 0 Å². The number of nitrogens with zero attached hydrogens (tertiary/aromatic N) is 4. The second-order valence-corrected chi connectivity index (χ2v) is 6.89. The number of amides is 1. The molecule has 19 heavy (non-hydrogen) atoms. The lowest BCUT2D eigenvalue weighted by molar-refractivity contribution is -0.133. The molecule has 0 radical (unpaired) electrons. The summed E-state index contributed by atoms with van der Waals surface area (Å²) in [6, 6.07) is 0. The molecule has 104 valence electrons. The van der Waals surface area contributed by atoms with Gasteiger partial charge in [0.05, 0.1) is 0 Å². The van der Waals surface area contributed by atoms with Crippen molar-refractivity contribution in [2.75, 3.05) is 13.1 Å². The molecule has 5 heteroatoms. The predicted octanol–water partition coefficient (Wildman–Crippen LogP) is 1.34. The Morgan fingerprint density at radius 1 is 1.21 bits per heavy atom. The number of carbonyl (C=O) groups excluding carboxylic acids is 1. The van der Waals surface area contributed by atoms with Crippen LogP contribution in [0.1, 0.15) is 33.5 Å². The van der Waals surface area contributed by atoms with Crippen LogP contribution < -0.4 is 0 Å². The maximum atomic E-state index is 12.7. The first-order chi connectivity index (χ1) is 8.85. The third-order valence-electron chi connectivity index (χ3n) is 5.49. The van der Waals surface area contributed by atoms with Crippen molar-refractivity contribution in [2.45, 2.75) is 40.7 Å². The molecule has 1 amide bonds. The fraction of sp³-hybridized carbons (Fsp3) is 0.786. The van der Waals surface area contributed by atoms with Gasteiger partial charge in [-0.25, -0.2) is 0 Å². The van der Waals surface area contributed by atoms with Gasteiger partial charge in [-0.15, -0.1) is 10.2 Å². The minimum atomic E-state index is 0.117. The topological polar surface area (TPSA) is 51.0 Å². The van der Waals surface area contributed by atoms with E-state index in [9.17, 15) is 4.79 Å². The van der Waals surface area contributed by atoms with Gasteiger partial charge in [0.1, 0.15) is 12.2 Å². The smallest absolute Gasteiger partial charge is 0.226 e. The number of hydrogen-bond acceptors (Lipinski definition) is 3. The molecule has 0 N–H and O–H groups in total. The first-order valence-electron chi connectivity index (χ1n) is 7.01. The lowest BCUT2D eigenvalue weighted by Crippen LogP contribution is -2.36. The van der Waals surface area contributed by atoms with Crippen LogP contribution in [0.2, 0.25) is 0 Å². The van der Waals surface area contributed by atoms with Gasteiger partial charge in [0.2, 0.25) is 5.91 Å². The van der Waals surface area contributed by atoms with E-state index in [1.54, 1.807) is 6.33 Å². The molecule has 1 aromatic rings. The van der Waals surface area contributed by atoms with Crippen molar-refractivity contribution in [1.29, 1.82) is 0 Å². The summed E-state index contributed by atoms with van der Waals surface area (Å²) in [5.41, 5.74) is 0.233. The van der Waals surface area contributed by atoms with Crippen LogP contribution in [-0.4, -0.2) is 38.7 Å². The fourth-order valence-corrected chi connectivity index (χ4v) is 3.45. The Bertz CT molecular complexity index is 481. The highest BCUT2D eigenvalue weighted by Crippen LogP contribution is 2.68. The molecule has 0 bridgehead atoms. The van der Waals surface area contributed by atoms with Gasteiger partial charge in [-0.1, -0.05) is 27.7 Å². The first-order valence-corrected chi connectivity index (χ1v) is 7.01. The molecule has 1 fully saturated rings. The Kier molecular flexibility index (Phi) is 2.53. The molecule has 0 aromatic carbocycles. The number of aromatic nitrogens is 3. The van der Waals surface area contributed by atoms with Gasteiger partial charge in [0.25, 0.3) is 0 Å². The summed E-state index contributed by atoms with van der Waals surface area (Å²) in [6.07, 6.45) is 2.56. The van der Waals surface area contributed by atoms with E-state index in [-0.39, 0.29) is 16.7 Å². The van der Waals surface area contributed by atoms with Crippen molar-refractivity contribution in [1.82, 2.24) is 19.7 Å². The first kappa shape index (κ1) is 12.6. The number of fused-ring (bicyclic) bond motifs is 1. The molecule has 0 atom stereocenters. The van der Waals surface area contributed by atoms with E-state index in [0.29, 0.717) is 5.91 Å². The molecule has 1 aromatic heterocycles. The quantitative estimate of drug-likeness (QED) is 0.767. The zero-order chi connectivity index (χ0) is 13.8. The summed E-state index contributed by atoms with van der Waals surface area (Å²) in [6.45, 7) is 11.1. The van der Waals surface area contributed by atoms with Crippen LogP contribution >= 0.6 is 0 Å². The van der Waals surface area contributed by atoms with E-state index in [0.717, 1.165) is 31.9 Å². The molecule has 1 saturated carbocycles. The van der Waals surface area contributed by atoms with Gasteiger partial charge in [-0.05, 0) is 10.8 Å². The summed E-state index contributed by atoms with van der Waals surface area (Å²) < 4.78 is 2.05. The third kappa shape index (κ3) is 1.70. The minimum Gasteiger partial charge on any atom is -0.340 e. The Morgan fingerprint density at radius 2 is 1.89 bits per heavy atom. The summed E-state index contributed by atoms with van der Waals surface area (Å²) in [5, 5.41) is 8.02. The Labute approximate surface area is 114 Å². The molecule has 0 spiro atoms. The van der Waals surface area contributed by atoms with Gasteiger partial charge in [-0.3, -0.25) is 4.79 Å².